The molecule has 2 aromatic rings. The second kappa shape index (κ2) is 4.25. The molecule has 0 amide bonds. The molecule has 0 saturated carbocycles. The molecule has 2 rings (SSSR count). The Balaban J connectivity index is 2.51. The average Bonchev–Trinajstić information content (AvgIpc) is 2.62. The van der Waals surface area contributed by atoms with Gasteiger partial charge in [-0.3, -0.25) is 0 Å². The average molecular weight is 242 g/mol. The van der Waals surface area contributed by atoms with Crippen LogP contribution in [0.1, 0.15) is 23.0 Å². The fraction of sp³-hybridized carbons (Fsp3) is 0.167. The zero-order valence-electron chi connectivity index (χ0n) is 8.88. The van der Waals surface area contributed by atoms with Crippen molar-refractivity contribution in [3.05, 3.63) is 58.8 Å². The molecule has 0 bridgehead atoms. The lowest BCUT2D eigenvalue weighted by atomic mass is 10.0. The van der Waals surface area contributed by atoms with Crippen LogP contribution < -0.4 is 0 Å². The first kappa shape index (κ1) is 11.7. The van der Waals surface area contributed by atoms with E-state index in [4.69, 9.17) is 4.42 Å². The number of aliphatic hydroxyl groups excluding tert-OH is 1. The van der Waals surface area contributed by atoms with Crippen LogP contribution in [0.4, 0.5) is 13.2 Å². The number of aliphatic hydroxyl groups is 1. The predicted octanol–water partition coefficient (Wildman–Crippen LogP) is 3.09. The molecule has 2 nitrogen and oxygen atoms in total. The number of rotatable bonds is 2. The number of halogens is 3. The molecule has 1 atom stereocenters. The van der Waals surface area contributed by atoms with Crippen LogP contribution in [-0.2, 0) is 0 Å². The molecular weight excluding hydrogens is 233 g/mol. The van der Waals surface area contributed by atoms with E-state index < -0.39 is 29.1 Å². The van der Waals surface area contributed by atoms with Crippen molar-refractivity contribution >= 4 is 0 Å². The first-order valence-corrected chi connectivity index (χ1v) is 4.87. The second-order valence-electron chi connectivity index (χ2n) is 3.62. The van der Waals surface area contributed by atoms with E-state index in [1.807, 2.05) is 0 Å². The van der Waals surface area contributed by atoms with E-state index in [-0.39, 0.29) is 5.56 Å². The molecule has 0 aliphatic carbocycles. The fourth-order valence-corrected chi connectivity index (χ4v) is 1.65. The van der Waals surface area contributed by atoms with Crippen LogP contribution in [0.2, 0.25) is 0 Å². The first-order chi connectivity index (χ1) is 8.00. The van der Waals surface area contributed by atoms with Crippen LogP contribution in [0.25, 0.3) is 0 Å². The third kappa shape index (κ3) is 2.06. The molecule has 1 heterocycles. The van der Waals surface area contributed by atoms with Crippen molar-refractivity contribution < 1.29 is 22.7 Å². The molecule has 0 saturated heterocycles. The van der Waals surface area contributed by atoms with E-state index in [9.17, 15) is 18.3 Å². The molecule has 0 radical (unpaired) electrons. The van der Waals surface area contributed by atoms with Crippen LogP contribution in [0.5, 0.6) is 0 Å². The molecule has 1 unspecified atom stereocenters. The number of hydrogen-bond acceptors (Lipinski definition) is 2. The van der Waals surface area contributed by atoms with Gasteiger partial charge in [0, 0.05) is 17.7 Å². The molecule has 1 aromatic carbocycles. The van der Waals surface area contributed by atoms with E-state index in [0.29, 0.717) is 17.9 Å². The number of benzene rings is 1. The Bertz CT molecular complexity index is 525. The Kier molecular flexibility index (Phi) is 2.93. The molecule has 0 aliphatic rings. The van der Waals surface area contributed by atoms with Crippen molar-refractivity contribution in [2.24, 2.45) is 0 Å². The first-order valence-electron chi connectivity index (χ1n) is 4.87. The third-order valence-electron chi connectivity index (χ3n) is 2.51. The summed E-state index contributed by atoms with van der Waals surface area (Å²) in [5, 5.41) is 9.85. The van der Waals surface area contributed by atoms with Crippen molar-refractivity contribution in [1.29, 1.82) is 0 Å². The molecule has 0 aliphatic heterocycles. The van der Waals surface area contributed by atoms with E-state index in [2.05, 4.69) is 0 Å². The standard InChI is InChI=1S/C12H9F3O2/c1-6-8(2-3-17-6)12(16)11-9(14)4-7(13)5-10(11)15/h2-5,12,16H,1H3. The van der Waals surface area contributed by atoms with Crippen LogP contribution in [0.3, 0.4) is 0 Å². The minimum Gasteiger partial charge on any atom is -0.469 e. The summed E-state index contributed by atoms with van der Waals surface area (Å²) < 4.78 is 44.5. The lowest BCUT2D eigenvalue weighted by Gasteiger charge is -2.12. The molecule has 0 fully saturated rings. The van der Waals surface area contributed by atoms with Crippen molar-refractivity contribution in [3.8, 4) is 0 Å². The largest absolute Gasteiger partial charge is 0.469 e. The summed E-state index contributed by atoms with van der Waals surface area (Å²) in [7, 11) is 0. The van der Waals surface area contributed by atoms with Gasteiger partial charge in [-0.2, -0.15) is 0 Å². The molecular formula is C12H9F3O2. The Morgan fingerprint density at radius 1 is 1.18 bits per heavy atom. The van der Waals surface area contributed by atoms with E-state index in [1.165, 1.54) is 12.3 Å². The minimum atomic E-state index is -1.52. The Hall–Kier alpha value is -1.75. The van der Waals surface area contributed by atoms with E-state index in [1.54, 1.807) is 6.92 Å². The van der Waals surface area contributed by atoms with Crippen LogP contribution in [-0.4, -0.2) is 5.11 Å². The van der Waals surface area contributed by atoms with Gasteiger partial charge >= 0.3 is 0 Å². The molecule has 17 heavy (non-hydrogen) atoms. The molecule has 90 valence electrons. The summed E-state index contributed by atoms with van der Waals surface area (Å²) in [6.45, 7) is 1.55. The van der Waals surface area contributed by atoms with Gasteiger partial charge in [0.15, 0.2) is 0 Å². The monoisotopic (exact) mass is 242 g/mol. The lowest BCUT2D eigenvalue weighted by Crippen LogP contribution is -2.06. The van der Waals surface area contributed by atoms with Gasteiger partial charge in [-0.25, -0.2) is 13.2 Å². The van der Waals surface area contributed by atoms with Gasteiger partial charge in [-0.05, 0) is 13.0 Å². The van der Waals surface area contributed by atoms with Crippen molar-refractivity contribution in [2.45, 2.75) is 13.0 Å². The molecule has 1 N–H and O–H groups in total. The van der Waals surface area contributed by atoms with Gasteiger partial charge in [0.2, 0.25) is 0 Å². The lowest BCUT2D eigenvalue weighted by molar-refractivity contribution is 0.206. The van der Waals surface area contributed by atoms with Gasteiger partial charge in [-0.15, -0.1) is 0 Å². The van der Waals surface area contributed by atoms with Crippen LogP contribution in [0, 0.1) is 24.4 Å². The highest BCUT2D eigenvalue weighted by Crippen LogP contribution is 2.29. The Morgan fingerprint density at radius 3 is 2.24 bits per heavy atom. The smallest absolute Gasteiger partial charge is 0.135 e. The second-order valence-corrected chi connectivity index (χ2v) is 3.62. The van der Waals surface area contributed by atoms with E-state index in [0.717, 1.165) is 0 Å². The highest BCUT2D eigenvalue weighted by Gasteiger charge is 2.23. The normalized spacial score (nSPS) is 12.8. The maximum atomic E-state index is 13.4. The van der Waals surface area contributed by atoms with E-state index >= 15 is 0 Å². The molecule has 5 heteroatoms. The maximum absolute atomic E-state index is 13.4. The maximum Gasteiger partial charge on any atom is 0.135 e. The van der Waals surface area contributed by atoms with Crippen LogP contribution in [0.15, 0.2) is 28.9 Å². The minimum absolute atomic E-state index is 0.245. The topological polar surface area (TPSA) is 33.4 Å². The third-order valence-corrected chi connectivity index (χ3v) is 2.51. The van der Waals surface area contributed by atoms with Crippen molar-refractivity contribution in [2.75, 3.05) is 0 Å². The highest BCUT2D eigenvalue weighted by molar-refractivity contribution is 5.33. The summed E-state index contributed by atoms with van der Waals surface area (Å²) in [4.78, 5) is 0. The number of hydrogen-bond donors (Lipinski definition) is 1. The molecule has 0 spiro atoms. The van der Waals surface area contributed by atoms with Gasteiger partial charge in [0.25, 0.3) is 0 Å². The fourth-order valence-electron chi connectivity index (χ4n) is 1.65. The SMILES string of the molecule is Cc1occc1C(O)c1c(F)cc(F)cc1F. The van der Waals surface area contributed by atoms with Gasteiger partial charge in [-0.1, -0.05) is 0 Å². The summed E-state index contributed by atoms with van der Waals surface area (Å²) in [6, 6.07) is 2.45. The quantitative estimate of drug-likeness (QED) is 0.877. The predicted molar refractivity (Wildman–Crippen MR) is 53.8 cm³/mol. The summed E-state index contributed by atoms with van der Waals surface area (Å²) in [6.07, 6.45) is -0.220. The summed E-state index contributed by atoms with van der Waals surface area (Å²) >= 11 is 0. The van der Waals surface area contributed by atoms with Gasteiger partial charge in [0.1, 0.15) is 29.3 Å². The Morgan fingerprint density at radius 2 is 1.76 bits per heavy atom. The summed E-state index contributed by atoms with van der Waals surface area (Å²) in [5.74, 6) is -2.94. The molecule has 1 aromatic heterocycles. The zero-order valence-corrected chi connectivity index (χ0v) is 8.88. The summed E-state index contributed by atoms with van der Waals surface area (Å²) in [5.41, 5.74) is -0.342. The van der Waals surface area contributed by atoms with Crippen molar-refractivity contribution in [3.63, 3.8) is 0 Å². The van der Waals surface area contributed by atoms with Gasteiger partial charge < -0.3 is 9.52 Å². The van der Waals surface area contributed by atoms with Gasteiger partial charge in [0.05, 0.1) is 11.8 Å². The number of furan rings is 1. The zero-order chi connectivity index (χ0) is 12.6. The van der Waals surface area contributed by atoms with Crippen LogP contribution >= 0.6 is 0 Å². The number of aryl methyl sites for hydroxylation is 1. The van der Waals surface area contributed by atoms with Crippen molar-refractivity contribution in [1.82, 2.24) is 0 Å². The highest BCUT2D eigenvalue weighted by atomic mass is 19.1. The Labute approximate surface area is 95.3 Å².